The van der Waals surface area contributed by atoms with Crippen molar-refractivity contribution in [2.24, 2.45) is 0 Å². The predicted molar refractivity (Wildman–Crippen MR) is 58.5 cm³/mol. The predicted octanol–water partition coefficient (Wildman–Crippen LogP) is 0.943. The molecule has 0 aliphatic rings. The molecule has 2 aromatic rings. The van der Waals surface area contributed by atoms with Gasteiger partial charge in [0.15, 0.2) is 0 Å². The van der Waals surface area contributed by atoms with Gasteiger partial charge < -0.3 is 10.7 Å². The highest BCUT2D eigenvalue weighted by Crippen LogP contribution is 2.06. The zero-order valence-corrected chi connectivity index (χ0v) is 8.10. The van der Waals surface area contributed by atoms with Gasteiger partial charge in [-0.05, 0) is 5.56 Å². The zero-order chi connectivity index (χ0) is 10.7. The van der Waals surface area contributed by atoms with Crippen molar-refractivity contribution in [3.05, 3.63) is 58.1 Å². The summed E-state index contributed by atoms with van der Waals surface area (Å²) in [6.07, 6.45) is 0.656. The van der Waals surface area contributed by atoms with E-state index in [2.05, 4.69) is 9.97 Å². The molecule has 0 fully saturated rings. The van der Waals surface area contributed by atoms with Crippen molar-refractivity contribution in [1.29, 1.82) is 0 Å². The van der Waals surface area contributed by atoms with Crippen LogP contribution in [0.4, 0.5) is 5.82 Å². The largest absolute Gasteiger partial charge is 0.383 e. The van der Waals surface area contributed by atoms with Gasteiger partial charge >= 0.3 is 5.69 Å². The number of nitrogens with one attached hydrogen (secondary N) is 1. The molecule has 0 amide bonds. The van der Waals surface area contributed by atoms with Gasteiger partial charge in [0.1, 0.15) is 5.82 Å². The molecule has 0 radical (unpaired) electrons. The average molecular weight is 201 g/mol. The van der Waals surface area contributed by atoms with Crippen molar-refractivity contribution in [2.45, 2.75) is 6.42 Å². The second kappa shape index (κ2) is 3.96. The highest BCUT2D eigenvalue weighted by molar-refractivity contribution is 5.31. The van der Waals surface area contributed by atoms with Crippen molar-refractivity contribution in [1.82, 2.24) is 9.97 Å². The van der Waals surface area contributed by atoms with Gasteiger partial charge in [-0.2, -0.15) is 4.98 Å². The normalized spacial score (nSPS) is 10.1. The fourth-order valence-electron chi connectivity index (χ4n) is 1.44. The van der Waals surface area contributed by atoms with Crippen LogP contribution in [0.1, 0.15) is 11.3 Å². The van der Waals surface area contributed by atoms with Crippen molar-refractivity contribution in [3.8, 4) is 0 Å². The van der Waals surface area contributed by atoms with Gasteiger partial charge in [0.25, 0.3) is 0 Å². The fraction of sp³-hybridized carbons (Fsp3) is 0.0909. The number of aromatic amines is 1. The number of benzene rings is 1. The minimum absolute atomic E-state index is 0.254. The van der Waals surface area contributed by atoms with E-state index in [9.17, 15) is 4.79 Å². The molecule has 0 bridgehead atoms. The molecule has 4 nitrogen and oxygen atoms in total. The standard InChI is InChI=1S/C11H11N3O/c12-10-7-9(13-11(15)14-10)6-8-4-2-1-3-5-8/h1-5,7H,6H2,(H3,12,13,14,15). The Morgan fingerprint density at radius 1 is 1.27 bits per heavy atom. The van der Waals surface area contributed by atoms with E-state index in [4.69, 9.17) is 5.73 Å². The quantitative estimate of drug-likeness (QED) is 0.759. The molecule has 0 saturated carbocycles. The van der Waals surface area contributed by atoms with Crippen LogP contribution in [0.15, 0.2) is 41.2 Å². The second-order valence-corrected chi connectivity index (χ2v) is 3.30. The number of hydrogen-bond acceptors (Lipinski definition) is 3. The second-order valence-electron chi connectivity index (χ2n) is 3.30. The Labute approximate surface area is 86.8 Å². The summed E-state index contributed by atoms with van der Waals surface area (Å²) < 4.78 is 0. The number of aromatic nitrogens is 2. The Kier molecular flexibility index (Phi) is 2.49. The Hall–Kier alpha value is -2.10. The van der Waals surface area contributed by atoms with Gasteiger partial charge in [0.2, 0.25) is 0 Å². The maximum absolute atomic E-state index is 11.1. The Bertz CT molecular complexity index is 505. The lowest BCUT2D eigenvalue weighted by Crippen LogP contribution is -2.14. The maximum Gasteiger partial charge on any atom is 0.347 e. The molecule has 0 saturated heterocycles. The molecule has 1 aromatic carbocycles. The molecule has 0 atom stereocenters. The van der Waals surface area contributed by atoms with Gasteiger partial charge in [-0.3, -0.25) is 0 Å². The van der Waals surface area contributed by atoms with Crippen LogP contribution < -0.4 is 11.4 Å². The molecule has 15 heavy (non-hydrogen) atoms. The molecule has 76 valence electrons. The minimum atomic E-state index is -0.402. The summed E-state index contributed by atoms with van der Waals surface area (Å²) >= 11 is 0. The SMILES string of the molecule is Nc1cc(Cc2ccccc2)[nH]c(=O)n1. The summed E-state index contributed by atoms with van der Waals surface area (Å²) in [5, 5.41) is 0. The molecule has 1 heterocycles. The van der Waals surface area contributed by atoms with Crippen LogP contribution in [0.25, 0.3) is 0 Å². The lowest BCUT2D eigenvalue weighted by atomic mass is 10.1. The smallest absolute Gasteiger partial charge is 0.347 e. The highest BCUT2D eigenvalue weighted by atomic mass is 16.1. The van der Waals surface area contributed by atoms with E-state index in [0.29, 0.717) is 6.42 Å². The molecule has 2 rings (SSSR count). The summed E-state index contributed by atoms with van der Waals surface area (Å²) in [6.45, 7) is 0. The molecule has 4 heteroatoms. The zero-order valence-electron chi connectivity index (χ0n) is 8.10. The van der Waals surface area contributed by atoms with Crippen LogP contribution in [-0.4, -0.2) is 9.97 Å². The number of nitrogens with two attached hydrogens (primary N) is 1. The van der Waals surface area contributed by atoms with Crippen molar-refractivity contribution in [3.63, 3.8) is 0 Å². The Balaban J connectivity index is 2.29. The van der Waals surface area contributed by atoms with Gasteiger partial charge in [-0.15, -0.1) is 0 Å². The van der Waals surface area contributed by atoms with E-state index in [-0.39, 0.29) is 5.82 Å². The van der Waals surface area contributed by atoms with Gasteiger partial charge in [-0.1, -0.05) is 30.3 Å². The van der Waals surface area contributed by atoms with Gasteiger partial charge in [-0.25, -0.2) is 4.79 Å². The first-order valence-electron chi connectivity index (χ1n) is 4.64. The molecular formula is C11H11N3O. The summed E-state index contributed by atoms with van der Waals surface area (Å²) in [6, 6.07) is 11.5. The molecule has 0 unspecified atom stereocenters. The Morgan fingerprint density at radius 3 is 2.67 bits per heavy atom. The summed E-state index contributed by atoms with van der Waals surface area (Å²) in [5.41, 5.74) is 6.98. The monoisotopic (exact) mass is 201 g/mol. The highest BCUT2D eigenvalue weighted by Gasteiger charge is 1.99. The lowest BCUT2D eigenvalue weighted by Gasteiger charge is -2.01. The number of anilines is 1. The first kappa shape index (κ1) is 9.45. The molecule has 0 aliphatic heterocycles. The third kappa shape index (κ3) is 2.43. The summed E-state index contributed by atoms with van der Waals surface area (Å²) in [7, 11) is 0. The summed E-state index contributed by atoms with van der Waals surface area (Å²) in [5.74, 6) is 0.254. The number of nitrogens with zero attached hydrogens (tertiary/aromatic N) is 1. The topological polar surface area (TPSA) is 71.8 Å². The lowest BCUT2D eigenvalue weighted by molar-refractivity contribution is 0.984. The average Bonchev–Trinajstić information content (AvgIpc) is 2.17. The fourth-order valence-corrected chi connectivity index (χ4v) is 1.44. The third-order valence-corrected chi connectivity index (χ3v) is 2.06. The van der Waals surface area contributed by atoms with Gasteiger partial charge in [0, 0.05) is 18.2 Å². The van der Waals surface area contributed by atoms with Crippen LogP contribution >= 0.6 is 0 Å². The van der Waals surface area contributed by atoms with Crippen molar-refractivity contribution in [2.75, 3.05) is 5.73 Å². The van der Waals surface area contributed by atoms with E-state index in [1.807, 2.05) is 30.3 Å². The van der Waals surface area contributed by atoms with E-state index in [1.165, 1.54) is 0 Å². The molecule has 0 spiro atoms. The molecular weight excluding hydrogens is 190 g/mol. The van der Waals surface area contributed by atoms with Crippen LogP contribution in [-0.2, 0) is 6.42 Å². The number of nitrogen functional groups attached to an aromatic ring is 1. The van der Waals surface area contributed by atoms with E-state index in [0.717, 1.165) is 11.3 Å². The number of rotatable bonds is 2. The van der Waals surface area contributed by atoms with E-state index >= 15 is 0 Å². The third-order valence-electron chi connectivity index (χ3n) is 2.06. The van der Waals surface area contributed by atoms with Crippen molar-refractivity contribution < 1.29 is 0 Å². The van der Waals surface area contributed by atoms with Crippen LogP contribution in [0.3, 0.4) is 0 Å². The number of H-pyrrole nitrogens is 1. The Morgan fingerprint density at radius 2 is 2.00 bits per heavy atom. The summed E-state index contributed by atoms with van der Waals surface area (Å²) in [4.78, 5) is 17.2. The molecule has 3 N–H and O–H groups in total. The van der Waals surface area contributed by atoms with Crippen LogP contribution in [0.5, 0.6) is 0 Å². The first-order chi connectivity index (χ1) is 7.24. The molecule has 0 aliphatic carbocycles. The first-order valence-corrected chi connectivity index (χ1v) is 4.64. The molecule has 1 aromatic heterocycles. The minimum Gasteiger partial charge on any atom is -0.383 e. The van der Waals surface area contributed by atoms with Crippen molar-refractivity contribution >= 4 is 5.82 Å². The van der Waals surface area contributed by atoms with E-state index < -0.39 is 5.69 Å². The number of hydrogen-bond donors (Lipinski definition) is 2. The van der Waals surface area contributed by atoms with E-state index in [1.54, 1.807) is 6.07 Å². The van der Waals surface area contributed by atoms with Crippen LogP contribution in [0.2, 0.25) is 0 Å². The van der Waals surface area contributed by atoms with Crippen LogP contribution in [0, 0.1) is 0 Å². The maximum atomic E-state index is 11.1. The van der Waals surface area contributed by atoms with Gasteiger partial charge in [0.05, 0.1) is 0 Å².